The molecule has 1 unspecified atom stereocenters. The third-order valence-corrected chi connectivity index (χ3v) is 3.86. The third-order valence-electron chi connectivity index (χ3n) is 3.33. The average molecular weight is 343 g/mol. The quantitative estimate of drug-likeness (QED) is 0.701. The number of benzene rings is 2. The molecule has 0 fully saturated rings. The number of rotatable bonds is 4. The first-order chi connectivity index (χ1) is 10.2. The number of halogens is 1. The summed E-state index contributed by atoms with van der Waals surface area (Å²) in [6.45, 7) is 2.14. The summed E-state index contributed by atoms with van der Waals surface area (Å²) in [7, 11) is 0. The second-order valence-corrected chi connectivity index (χ2v) is 5.78. The Morgan fingerprint density at radius 2 is 1.95 bits per heavy atom. The average Bonchev–Trinajstić information content (AvgIpc) is 3.02. The van der Waals surface area contributed by atoms with Gasteiger partial charge in [0.15, 0.2) is 12.2 Å². The van der Waals surface area contributed by atoms with Gasteiger partial charge in [0, 0.05) is 21.8 Å². The lowest BCUT2D eigenvalue weighted by Gasteiger charge is -2.16. The van der Waals surface area contributed by atoms with Crippen LogP contribution >= 0.6 is 15.9 Å². The van der Waals surface area contributed by atoms with Crippen LogP contribution in [0.5, 0.6) is 0 Å². The van der Waals surface area contributed by atoms with E-state index in [1.807, 2.05) is 12.1 Å². The van der Waals surface area contributed by atoms with Gasteiger partial charge in [0.1, 0.15) is 0 Å². The molecule has 3 nitrogen and oxygen atoms in total. The van der Waals surface area contributed by atoms with Gasteiger partial charge in [-0.05, 0) is 36.8 Å². The van der Waals surface area contributed by atoms with E-state index in [2.05, 4.69) is 69.6 Å². The molecule has 2 aromatic carbocycles. The molecule has 21 heavy (non-hydrogen) atoms. The lowest BCUT2D eigenvalue weighted by atomic mass is 10.1. The zero-order valence-corrected chi connectivity index (χ0v) is 13.2. The van der Waals surface area contributed by atoms with Gasteiger partial charge in [-0.2, -0.15) is 0 Å². The zero-order chi connectivity index (χ0) is 14.7. The molecule has 1 heterocycles. The van der Waals surface area contributed by atoms with Gasteiger partial charge >= 0.3 is 0 Å². The van der Waals surface area contributed by atoms with Crippen LogP contribution in [0.1, 0.15) is 18.5 Å². The molecule has 0 spiro atoms. The van der Waals surface area contributed by atoms with Crippen LogP contribution in [0.3, 0.4) is 0 Å². The first-order valence-electron chi connectivity index (χ1n) is 6.73. The van der Waals surface area contributed by atoms with Gasteiger partial charge in [-0.1, -0.05) is 40.2 Å². The molecule has 0 saturated heterocycles. The Bertz CT molecular complexity index is 708. The summed E-state index contributed by atoms with van der Waals surface area (Å²) in [4.78, 5) is 3.95. The van der Waals surface area contributed by atoms with Crippen molar-refractivity contribution in [3.63, 3.8) is 0 Å². The van der Waals surface area contributed by atoms with Crippen LogP contribution in [-0.4, -0.2) is 4.98 Å². The van der Waals surface area contributed by atoms with E-state index >= 15 is 0 Å². The van der Waals surface area contributed by atoms with Gasteiger partial charge in [-0.15, -0.1) is 0 Å². The maximum absolute atomic E-state index is 5.33. The maximum Gasteiger partial charge on any atom is 0.181 e. The van der Waals surface area contributed by atoms with Crippen molar-refractivity contribution >= 4 is 21.6 Å². The molecule has 106 valence electrons. The van der Waals surface area contributed by atoms with E-state index in [1.54, 1.807) is 6.20 Å². The number of nitrogens with zero attached hydrogens (tertiary/aromatic N) is 1. The summed E-state index contributed by atoms with van der Waals surface area (Å²) in [6.07, 6.45) is 3.16. The number of aromatic nitrogens is 1. The zero-order valence-electron chi connectivity index (χ0n) is 11.6. The normalized spacial score (nSPS) is 12.1. The highest BCUT2D eigenvalue weighted by Crippen LogP contribution is 2.25. The van der Waals surface area contributed by atoms with Crippen molar-refractivity contribution in [1.82, 2.24) is 4.98 Å². The summed E-state index contributed by atoms with van der Waals surface area (Å²) >= 11 is 3.46. The first kappa shape index (κ1) is 13.9. The SMILES string of the molecule is CC(Nc1cccc(-c2cnco2)c1)c1ccc(Br)cc1. The predicted octanol–water partition coefficient (Wildman–Crippen LogP) is 5.28. The smallest absolute Gasteiger partial charge is 0.181 e. The molecule has 0 radical (unpaired) electrons. The van der Waals surface area contributed by atoms with Crippen molar-refractivity contribution in [2.24, 2.45) is 0 Å². The summed E-state index contributed by atoms with van der Waals surface area (Å²) in [5, 5.41) is 3.50. The Hall–Kier alpha value is -2.07. The largest absolute Gasteiger partial charge is 0.444 e. The van der Waals surface area contributed by atoms with E-state index in [0.717, 1.165) is 21.5 Å². The van der Waals surface area contributed by atoms with Gasteiger partial charge < -0.3 is 9.73 Å². The molecular weight excluding hydrogens is 328 g/mol. The minimum absolute atomic E-state index is 0.225. The van der Waals surface area contributed by atoms with Crippen LogP contribution in [-0.2, 0) is 0 Å². The lowest BCUT2D eigenvalue weighted by Crippen LogP contribution is -2.06. The molecule has 4 heteroatoms. The molecule has 0 aliphatic carbocycles. The molecule has 0 saturated carbocycles. The van der Waals surface area contributed by atoms with Crippen LogP contribution in [0.15, 0.2) is 70.0 Å². The Morgan fingerprint density at radius 3 is 2.67 bits per heavy atom. The number of oxazole rings is 1. The lowest BCUT2D eigenvalue weighted by molar-refractivity contribution is 0.572. The predicted molar refractivity (Wildman–Crippen MR) is 88.1 cm³/mol. The molecule has 0 amide bonds. The van der Waals surface area contributed by atoms with Crippen molar-refractivity contribution in [2.75, 3.05) is 5.32 Å². The maximum atomic E-state index is 5.33. The molecular formula is C17H15BrN2O. The van der Waals surface area contributed by atoms with E-state index in [-0.39, 0.29) is 6.04 Å². The highest BCUT2D eigenvalue weighted by atomic mass is 79.9. The van der Waals surface area contributed by atoms with E-state index < -0.39 is 0 Å². The summed E-state index contributed by atoms with van der Waals surface area (Å²) in [6, 6.07) is 16.7. The number of anilines is 1. The minimum Gasteiger partial charge on any atom is -0.444 e. The molecule has 0 bridgehead atoms. The van der Waals surface area contributed by atoms with Gasteiger partial charge in [-0.3, -0.25) is 0 Å². The number of nitrogens with one attached hydrogen (secondary N) is 1. The van der Waals surface area contributed by atoms with Gasteiger partial charge in [-0.25, -0.2) is 4.98 Å². The molecule has 1 aromatic heterocycles. The standard InChI is InChI=1S/C17H15BrN2O/c1-12(13-5-7-15(18)8-6-13)20-16-4-2-3-14(9-16)17-10-19-11-21-17/h2-12,20H,1H3. The van der Waals surface area contributed by atoms with Crippen LogP contribution in [0.4, 0.5) is 5.69 Å². The molecule has 0 aliphatic heterocycles. The molecule has 1 N–H and O–H groups in total. The van der Waals surface area contributed by atoms with E-state index in [1.165, 1.54) is 12.0 Å². The summed E-state index contributed by atoms with van der Waals surface area (Å²) < 4.78 is 6.42. The first-order valence-corrected chi connectivity index (χ1v) is 7.52. The topological polar surface area (TPSA) is 38.1 Å². The van der Waals surface area contributed by atoms with E-state index in [4.69, 9.17) is 4.42 Å². The van der Waals surface area contributed by atoms with Crippen LogP contribution in [0, 0.1) is 0 Å². The van der Waals surface area contributed by atoms with Crippen LogP contribution in [0.25, 0.3) is 11.3 Å². The second-order valence-electron chi connectivity index (χ2n) is 4.86. The Kier molecular flexibility index (Phi) is 4.06. The number of hydrogen-bond donors (Lipinski definition) is 1. The van der Waals surface area contributed by atoms with Crippen molar-refractivity contribution in [3.05, 3.63) is 71.2 Å². The Balaban J connectivity index is 1.78. The van der Waals surface area contributed by atoms with Gasteiger partial charge in [0.25, 0.3) is 0 Å². The fourth-order valence-corrected chi connectivity index (χ4v) is 2.47. The van der Waals surface area contributed by atoms with E-state index in [0.29, 0.717) is 0 Å². The molecule has 3 rings (SSSR count). The second kappa shape index (κ2) is 6.14. The molecule has 1 atom stereocenters. The highest BCUT2D eigenvalue weighted by Gasteiger charge is 2.07. The fraction of sp³-hybridized carbons (Fsp3) is 0.118. The Morgan fingerprint density at radius 1 is 1.14 bits per heavy atom. The van der Waals surface area contributed by atoms with Crippen molar-refractivity contribution < 1.29 is 4.42 Å². The third kappa shape index (κ3) is 3.34. The van der Waals surface area contributed by atoms with Gasteiger partial charge in [0.05, 0.1) is 6.20 Å². The molecule has 0 aliphatic rings. The summed E-state index contributed by atoms with van der Waals surface area (Å²) in [5.41, 5.74) is 3.31. The van der Waals surface area contributed by atoms with Crippen molar-refractivity contribution in [1.29, 1.82) is 0 Å². The summed E-state index contributed by atoms with van der Waals surface area (Å²) in [5.74, 6) is 0.773. The van der Waals surface area contributed by atoms with Crippen molar-refractivity contribution in [3.8, 4) is 11.3 Å². The Labute approximate surface area is 132 Å². The monoisotopic (exact) mass is 342 g/mol. The minimum atomic E-state index is 0.225. The van der Waals surface area contributed by atoms with Gasteiger partial charge in [0.2, 0.25) is 0 Å². The van der Waals surface area contributed by atoms with Crippen LogP contribution in [0.2, 0.25) is 0 Å². The fourth-order valence-electron chi connectivity index (χ4n) is 2.21. The molecule has 3 aromatic rings. The highest BCUT2D eigenvalue weighted by molar-refractivity contribution is 9.10. The van der Waals surface area contributed by atoms with Crippen LogP contribution < -0.4 is 5.32 Å². The van der Waals surface area contributed by atoms with Crippen molar-refractivity contribution in [2.45, 2.75) is 13.0 Å². The number of hydrogen-bond acceptors (Lipinski definition) is 3. The van der Waals surface area contributed by atoms with E-state index in [9.17, 15) is 0 Å².